The van der Waals surface area contributed by atoms with Gasteiger partial charge >= 0.3 is 0 Å². The van der Waals surface area contributed by atoms with Crippen molar-refractivity contribution in [3.05, 3.63) is 65.0 Å². The summed E-state index contributed by atoms with van der Waals surface area (Å²) in [7, 11) is 0. The highest BCUT2D eigenvalue weighted by Gasteiger charge is 2.27. The van der Waals surface area contributed by atoms with Gasteiger partial charge in [-0.3, -0.25) is 4.79 Å². The van der Waals surface area contributed by atoms with E-state index in [1.54, 1.807) is 23.1 Å². The smallest absolute Gasteiger partial charge is 0.233 e. The van der Waals surface area contributed by atoms with Crippen LogP contribution in [0.1, 0.15) is 11.1 Å². The van der Waals surface area contributed by atoms with Gasteiger partial charge in [-0.25, -0.2) is 0 Å². The van der Waals surface area contributed by atoms with E-state index in [2.05, 4.69) is 47.1 Å². The third-order valence-corrected chi connectivity index (χ3v) is 6.52. The van der Waals surface area contributed by atoms with Crippen molar-refractivity contribution in [1.29, 1.82) is 0 Å². The standard InChI is InChI=1S/C19H17NOS2/c21-19(18-11-13-5-1-3-7-16(13)23-18)20-10-9-14-12-22-17-8-4-2-6-15(14)17/h1-8,12,18H,9-11H2,(H,20,21). The fourth-order valence-electron chi connectivity index (χ4n) is 2.99. The lowest BCUT2D eigenvalue weighted by Crippen LogP contribution is -2.33. The topological polar surface area (TPSA) is 29.1 Å². The van der Waals surface area contributed by atoms with Crippen molar-refractivity contribution in [3.8, 4) is 0 Å². The van der Waals surface area contributed by atoms with Crippen LogP contribution in [0.25, 0.3) is 10.1 Å². The summed E-state index contributed by atoms with van der Waals surface area (Å²) in [5.74, 6) is 0.158. The molecule has 1 unspecified atom stereocenters. The third-order valence-electron chi connectivity index (χ3n) is 4.19. The number of thiophene rings is 1. The van der Waals surface area contributed by atoms with Crippen LogP contribution in [0.5, 0.6) is 0 Å². The van der Waals surface area contributed by atoms with E-state index in [1.165, 1.54) is 26.1 Å². The van der Waals surface area contributed by atoms with E-state index in [4.69, 9.17) is 0 Å². The Balaban J connectivity index is 1.34. The van der Waals surface area contributed by atoms with E-state index < -0.39 is 0 Å². The molecule has 1 N–H and O–H groups in total. The van der Waals surface area contributed by atoms with Crippen LogP contribution in [-0.2, 0) is 17.6 Å². The minimum Gasteiger partial charge on any atom is -0.355 e. The SMILES string of the molecule is O=C(NCCc1csc2ccccc12)C1Cc2ccccc2S1. The average Bonchev–Trinajstić information content (AvgIpc) is 3.19. The molecule has 1 aliphatic heterocycles. The Morgan fingerprint density at radius 2 is 1.96 bits per heavy atom. The summed E-state index contributed by atoms with van der Waals surface area (Å²) in [4.78, 5) is 13.6. The molecule has 2 heterocycles. The fraction of sp³-hybridized carbons (Fsp3) is 0.211. The van der Waals surface area contributed by atoms with Crippen molar-refractivity contribution in [3.63, 3.8) is 0 Å². The molecule has 0 saturated heterocycles. The highest BCUT2D eigenvalue weighted by atomic mass is 32.2. The molecule has 1 aromatic heterocycles. The molecular weight excluding hydrogens is 322 g/mol. The number of carbonyl (C=O) groups excluding carboxylic acids is 1. The maximum atomic E-state index is 12.4. The van der Waals surface area contributed by atoms with Gasteiger partial charge in [0, 0.05) is 16.1 Å². The second kappa shape index (κ2) is 6.38. The Labute approximate surface area is 143 Å². The van der Waals surface area contributed by atoms with Crippen LogP contribution >= 0.6 is 23.1 Å². The molecule has 4 rings (SSSR count). The van der Waals surface area contributed by atoms with Gasteiger partial charge < -0.3 is 5.32 Å². The van der Waals surface area contributed by atoms with Crippen LogP contribution < -0.4 is 5.32 Å². The summed E-state index contributed by atoms with van der Waals surface area (Å²) < 4.78 is 1.32. The lowest BCUT2D eigenvalue weighted by atomic mass is 10.1. The van der Waals surface area contributed by atoms with Gasteiger partial charge in [-0.1, -0.05) is 36.4 Å². The number of thioether (sulfide) groups is 1. The Morgan fingerprint density at radius 1 is 1.13 bits per heavy atom. The minimum absolute atomic E-state index is 0.0200. The second-order valence-electron chi connectivity index (χ2n) is 5.72. The van der Waals surface area contributed by atoms with Crippen molar-refractivity contribution in [2.75, 3.05) is 6.54 Å². The third kappa shape index (κ3) is 3.01. The van der Waals surface area contributed by atoms with Crippen molar-refractivity contribution in [2.45, 2.75) is 23.0 Å². The number of benzene rings is 2. The maximum Gasteiger partial charge on any atom is 0.233 e. The Bertz CT molecular complexity index is 830. The molecule has 3 aromatic rings. The van der Waals surface area contributed by atoms with Gasteiger partial charge in [0.05, 0.1) is 5.25 Å². The fourth-order valence-corrected chi connectivity index (χ4v) is 5.21. The van der Waals surface area contributed by atoms with Gasteiger partial charge in [-0.15, -0.1) is 23.1 Å². The number of nitrogens with one attached hydrogen (secondary N) is 1. The first-order chi connectivity index (χ1) is 11.3. The normalized spacial score (nSPS) is 16.4. The molecular formula is C19H17NOS2. The highest BCUT2D eigenvalue weighted by Crippen LogP contribution is 2.36. The van der Waals surface area contributed by atoms with Crippen LogP contribution in [0.15, 0.2) is 58.8 Å². The predicted molar refractivity (Wildman–Crippen MR) is 98.3 cm³/mol. The zero-order valence-corrected chi connectivity index (χ0v) is 14.3. The van der Waals surface area contributed by atoms with E-state index in [0.717, 1.165) is 12.8 Å². The number of carbonyl (C=O) groups is 1. The van der Waals surface area contributed by atoms with E-state index in [-0.39, 0.29) is 11.2 Å². The highest BCUT2D eigenvalue weighted by molar-refractivity contribution is 8.01. The largest absolute Gasteiger partial charge is 0.355 e. The molecule has 2 nitrogen and oxygen atoms in total. The quantitative estimate of drug-likeness (QED) is 0.769. The summed E-state index contributed by atoms with van der Waals surface area (Å²) in [6.07, 6.45) is 1.73. The molecule has 0 fully saturated rings. The van der Waals surface area contributed by atoms with Gasteiger partial charge in [0.2, 0.25) is 5.91 Å². The molecule has 0 bridgehead atoms. The summed E-state index contributed by atoms with van der Waals surface area (Å²) >= 11 is 3.46. The first-order valence-corrected chi connectivity index (χ1v) is 9.54. The van der Waals surface area contributed by atoms with Gasteiger partial charge in [-0.05, 0) is 46.9 Å². The van der Waals surface area contributed by atoms with Crippen molar-refractivity contribution < 1.29 is 4.79 Å². The van der Waals surface area contributed by atoms with Crippen LogP contribution in [0.2, 0.25) is 0 Å². The molecule has 0 spiro atoms. The summed E-state index contributed by atoms with van der Waals surface area (Å²) in [5.41, 5.74) is 2.62. The van der Waals surface area contributed by atoms with Crippen molar-refractivity contribution in [1.82, 2.24) is 5.32 Å². The number of hydrogen-bond donors (Lipinski definition) is 1. The maximum absolute atomic E-state index is 12.4. The first-order valence-electron chi connectivity index (χ1n) is 7.78. The van der Waals surface area contributed by atoms with Crippen LogP contribution in [0.4, 0.5) is 0 Å². The Kier molecular flexibility index (Phi) is 4.10. The molecule has 0 radical (unpaired) electrons. The molecule has 1 atom stereocenters. The van der Waals surface area contributed by atoms with E-state index >= 15 is 0 Å². The van der Waals surface area contributed by atoms with E-state index in [0.29, 0.717) is 6.54 Å². The van der Waals surface area contributed by atoms with Gasteiger partial charge in [0.15, 0.2) is 0 Å². The molecule has 0 aliphatic carbocycles. The second-order valence-corrected chi connectivity index (χ2v) is 7.87. The molecule has 23 heavy (non-hydrogen) atoms. The van der Waals surface area contributed by atoms with Gasteiger partial charge in [0.25, 0.3) is 0 Å². The number of amides is 1. The Hall–Kier alpha value is -1.78. The predicted octanol–water partition coefficient (Wildman–Crippen LogP) is 4.28. The zero-order valence-electron chi connectivity index (χ0n) is 12.6. The van der Waals surface area contributed by atoms with Crippen LogP contribution in [-0.4, -0.2) is 17.7 Å². The molecule has 4 heteroatoms. The summed E-state index contributed by atoms with van der Waals surface area (Å²) in [5, 5.41) is 6.65. The number of fused-ring (bicyclic) bond motifs is 2. The van der Waals surface area contributed by atoms with Crippen LogP contribution in [0, 0.1) is 0 Å². The first kappa shape index (κ1) is 14.8. The average molecular weight is 339 g/mol. The lowest BCUT2D eigenvalue weighted by molar-refractivity contribution is -0.120. The lowest BCUT2D eigenvalue weighted by Gasteiger charge is -2.09. The van der Waals surface area contributed by atoms with Gasteiger partial charge in [0.1, 0.15) is 0 Å². The Morgan fingerprint density at radius 3 is 2.87 bits per heavy atom. The molecule has 2 aromatic carbocycles. The molecule has 0 saturated carbocycles. The van der Waals surface area contributed by atoms with E-state index in [9.17, 15) is 4.79 Å². The van der Waals surface area contributed by atoms with Crippen molar-refractivity contribution in [2.24, 2.45) is 0 Å². The van der Waals surface area contributed by atoms with Crippen molar-refractivity contribution >= 4 is 39.1 Å². The summed E-state index contributed by atoms with van der Waals surface area (Å²) in [6.45, 7) is 0.701. The minimum atomic E-state index is 0.0200. The number of rotatable bonds is 4. The summed E-state index contributed by atoms with van der Waals surface area (Å²) in [6, 6.07) is 16.7. The molecule has 1 aliphatic rings. The monoisotopic (exact) mass is 339 g/mol. The zero-order chi connectivity index (χ0) is 15.6. The molecule has 1 amide bonds. The van der Waals surface area contributed by atoms with E-state index in [1.807, 2.05) is 12.1 Å². The van der Waals surface area contributed by atoms with Crippen LogP contribution in [0.3, 0.4) is 0 Å². The van der Waals surface area contributed by atoms with Gasteiger partial charge in [-0.2, -0.15) is 0 Å². The number of hydrogen-bond acceptors (Lipinski definition) is 3. The molecule has 116 valence electrons.